The summed E-state index contributed by atoms with van der Waals surface area (Å²) in [6, 6.07) is 15.3. The first kappa shape index (κ1) is 21.2. The molecule has 2 aromatic carbocycles. The van der Waals surface area contributed by atoms with E-state index in [-0.39, 0.29) is 18.3 Å². The summed E-state index contributed by atoms with van der Waals surface area (Å²) >= 11 is 0. The summed E-state index contributed by atoms with van der Waals surface area (Å²) < 4.78 is 10.5. The largest absolute Gasteiger partial charge is 0.479 e. The summed E-state index contributed by atoms with van der Waals surface area (Å²) in [5, 5.41) is 2.78. The fraction of sp³-hybridized carbons (Fsp3) is 0.318. The minimum Gasteiger partial charge on any atom is -0.479 e. The van der Waals surface area contributed by atoms with Crippen LogP contribution in [0.3, 0.4) is 0 Å². The number of carbonyl (C=O) groups excluding carboxylic acids is 3. The molecule has 0 heterocycles. The van der Waals surface area contributed by atoms with Crippen LogP contribution in [0.1, 0.15) is 38.1 Å². The van der Waals surface area contributed by atoms with E-state index in [9.17, 15) is 14.4 Å². The fourth-order valence-corrected chi connectivity index (χ4v) is 2.15. The number of carbonyl (C=O) groups is 3. The van der Waals surface area contributed by atoms with Crippen molar-refractivity contribution >= 4 is 23.3 Å². The maximum atomic E-state index is 12.2. The number of Topliss-reactive ketones (excluding diaryl/α,β-unsaturated/α-hetero) is 1. The Morgan fingerprint density at radius 3 is 2.14 bits per heavy atom. The molecule has 0 fully saturated rings. The standard InChI is InChI=1S/C22H25NO5/c1-15(28-18-8-6-5-7-9-18)20(25)27-14-19(24)16-10-12-17(13-11-16)23-21(26)22(2,3)4/h5-13,15H,14H2,1-4H3,(H,23,26). The molecule has 6 nitrogen and oxygen atoms in total. The quantitative estimate of drug-likeness (QED) is 0.580. The van der Waals surface area contributed by atoms with Gasteiger partial charge in [-0.25, -0.2) is 4.79 Å². The lowest BCUT2D eigenvalue weighted by molar-refractivity contribution is -0.149. The van der Waals surface area contributed by atoms with Crippen molar-refractivity contribution in [1.82, 2.24) is 0 Å². The van der Waals surface area contributed by atoms with Gasteiger partial charge in [-0.2, -0.15) is 0 Å². The minimum atomic E-state index is -0.829. The lowest BCUT2D eigenvalue weighted by atomic mass is 9.95. The van der Waals surface area contributed by atoms with E-state index in [1.54, 1.807) is 55.5 Å². The van der Waals surface area contributed by atoms with Crippen molar-refractivity contribution in [2.45, 2.75) is 33.8 Å². The van der Waals surface area contributed by atoms with Crippen LogP contribution in [0.15, 0.2) is 54.6 Å². The van der Waals surface area contributed by atoms with Gasteiger partial charge in [0, 0.05) is 16.7 Å². The Bertz CT molecular complexity index is 822. The molecule has 1 unspecified atom stereocenters. The van der Waals surface area contributed by atoms with E-state index in [0.717, 1.165) is 0 Å². The zero-order valence-corrected chi connectivity index (χ0v) is 16.5. The van der Waals surface area contributed by atoms with Gasteiger partial charge in [0.1, 0.15) is 5.75 Å². The molecule has 0 spiro atoms. The molecule has 1 atom stereocenters. The lowest BCUT2D eigenvalue weighted by Gasteiger charge is -2.17. The molecule has 0 aliphatic carbocycles. The molecule has 6 heteroatoms. The molecular weight excluding hydrogens is 358 g/mol. The number of ketones is 1. The van der Waals surface area contributed by atoms with Crippen LogP contribution in [0.5, 0.6) is 5.75 Å². The van der Waals surface area contributed by atoms with E-state index in [1.807, 2.05) is 26.8 Å². The van der Waals surface area contributed by atoms with E-state index in [2.05, 4.69) is 5.32 Å². The zero-order valence-electron chi connectivity index (χ0n) is 16.5. The molecule has 2 rings (SSSR count). The number of para-hydroxylation sites is 1. The van der Waals surface area contributed by atoms with E-state index in [1.165, 1.54) is 0 Å². The van der Waals surface area contributed by atoms with Crippen LogP contribution in [-0.4, -0.2) is 30.4 Å². The molecule has 0 aliphatic heterocycles. The van der Waals surface area contributed by atoms with Gasteiger partial charge in [0.05, 0.1) is 0 Å². The maximum Gasteiger partial charge on any atom is 0.347 e. The van der Waals surface area contributed by atoms with Crippen molar-refractivity contribution in [3.05, 3.63) is 60.2 Å². The van der Waals surface area contributed by atoms with Crippen molar-refractivity contribution in [2.24, 2.45) is 5.41 Å². The molecule has 0 bridgehead atoms. The zero-order chi connectivity index (χ0) is 20.7. The molecule has 0 aliphatic rings. The highest BCUT2D eigenvalue weighted by Crippen LogP contribution is 2.18. The molecule has 1 amide bonds. The average molecular weight is 383 g/mol. The van der Waals surface area contributed by atoms with Crippen LogP contribution in [0.25, 0.3) is 0 Å². The molecule has 2 aromatic rings. The first-order chi connectivity index (χ1) is 13.2. The molecule has 0 saturated carbocycles. The lowest BCUT2D eigenvalue weighted by Crippen LogP contribution is -2.28. The number of esters is 1. The number of ether oxygens (including phenoxy) is 2. The Morgan fingerprint density at radius 1 is 0.964 bits per heavy atom. The highest BCUT2D eigenvalue weighted by atomic mass is 16.6. The predicted molar refractivity (Wildman–Crippen MR) is 106 cm³/mol. The van der Waals surface area contributed by atoms with Gasteiger partial charge >= 0.3 is 5.97 Å². The third-order valence-corrected chi connectivity index (χ3v) is 3.88. The van der Waals surface area contributed by atoms with E-state index in [0.29, 0.717) is 17.0 Å². The number of rotatable bonds is 7. The summed E-state index contributed by atoms with van der Waals surface area (Å²) in [7, 11) is 0. The molecule has 0 saturated heterocycles. The van der Waals surface area contributed by atoms with E-state index >= 15 is 0 Å². The number of hydrogen-bond acceptors (Lipinski definition) is 5. The van der Waals surface area contributed by atoms with Gasteiger partial charge in [0.25, 0.3) is 0 Å². The Labute approximate surface area is 164 Å². The second-order valence-corrected chi connectivity index (χ2v) is 7.39. The summed E-state index contributed by atoms with van der Waals surface area (Å²) in [5.74, 6) is -0.528. The number of hydrogen-bond donors (Lipinski definition) is 1. The van der Waals surface area contributed by atoms with Gasteiger partial charge in [-0.15, -0.1) is 0 Å². The normalized spacial score (nSPS) is 12.0. The molecule has 1 N–H and O–H groups in total. The summed E-state index contributed by atoms with van der Waals surface area (Å²) in [6.45, 7) is 6.63. The monoisotopic (exact) mass is 383 g/mol. The summed E-state index contributed by atoms with van der Waals surface area (Å²) in [6.07, 6.45) is -0.829. The van der Waals surface area contributed by atoms with Gasteiger partial charge in [0.2, 0.25) is 5.91 Å². The minimum absolute atomic E-state index is 0.118. The Morgan fingerprint density at radius 2 is 1.57 bits per heavy atom. The summed E-state index contributed by atoms with van der Waals surface area (Å²) in [4.78, 5) is 36.2. The van der Waals surface area contributed by atoms with Gasteiger partial charge in [-0.3, -0.25) is 9.59 Å². The van der Waals surface area contributed by atoms with Gasteiger partial charge in [-0.1, -0.05) is 39.0 Å². The average Bonchev–Trinajstić information content (AvgIpc) is 2.66. The molecule has 28 heavy (non-hydrogen) atoms. The van der Waals surface area contributed by atoms with Gasteiger partial charge < -0.3 is 14.8 Å². The topological polar surface area (TPSA) is 81.7 Å². The highest BCUT2D eigenvalue weighted by molar-refractivity contribution is 5.99. The van der Waals surface area contributed by atoms with E-state index < -0.39 is 17.5 Å². The van der Waals surface area contributed by atoms with Crippen LogP contribution < -0.4 is 10.1 Å². The molecule has 148 valence electrons. The second-order valence-electron chi connectivity index (χ2n) is 7.39. The van der Waals surface area contributed by atoms with Crippen molar-refractivity contribution in [3.8, 4) is 5.75 Å². The third kappa shape index (κ3) is 6.23. The first-order valence-corrected chi connectivity index (χ1v) is 9.00. The molecule has 0 aromatic heterocycles. The first-order valence-electron chi connectivity index (χ1n) is 9.00. The number of amides is 1. The van der Waals surface area contributed by atoms with Crippen molar-refractivity contribution in [3.63, 3.8) is 0 Å². The molecule has 0 radical (unpaired) electrons. The Kier molecular flexibility index (Phi) is 6.93. The predicted octanol–water partition coefficient (Wildman–Crippen LogP) is 3.86. The van der Waals surface area contributed by atoms with Gasteiger partial charge in [-0.05, 0) is 43.3 Å². The van der Waals surface area contributed by atoms with Crippen molar-refractivity contribution in [2.75, 3.05) is 11.9 Å². The van der Waals surface area contributed by atoms with Crippen LogP contribution in [-0.2, 0) is 14.3 Å². The molecular formula is C22H25NO5. The number of anilines is 1. The van der Waals surface area contributed by atoms with Crippen LogP contribution in [0, 0.1) is 5.41 Å². The van der Waals surface area contributed by atoms with E-state index in [4.69, 9.17) is 9.47 Å². The van der Waals surface area contributed by atoms with Crippen LogP contribution in [0.4, 0.5) is 5.69 Å². The van der Waals surface area contributed by atoms with Crippen LogP contribution >= 0.6 is 0 Å². The smallest absolute Gasteiger partial charge is 0.347 e. The van der Waals surface area contributed by atoms with Crippen molar-refractivity contribution < 1.29 is 23.9 Å². The second kappa shape index (κ2) is 9.17. The van der Waals surface area contributed by atoms with Gasteiger partial charge in [0.15, 0.2) is 18.5 Å². The summed E-state index contributed by atoms with van der Waals surface area (Å²) in [5.41, 5.74) is 0.470. The van der Waals surface area contributed by atoms with Crippen molar-refractivity contribution in [1.29, 1.82) is 0 Å². The SMILES string of the molecule is CC(Oc1ccccc1)C(=O)OCC(=O)c1ccc(NC(=O)C(C)(C)C)cc1. The maximum absolute atomic E-state index is 12.2. The highest BCUT2D eigenvalue weighted by Gasteiger charge is 2.21. The Hall–Kier alpha value is -3.15. The third-order valence-electron chi connectivity index (χ3n) is 3.88. The fourth-order valence-electron chi connectivity index (χ4n) is 2.15. The number of nitrogens with one attached hydrogen (secondary N) is 1. The van der Waals surface area contributed by atoms with Crippen LogP contribution in [0.2, 0.25) is 0 Å². The number of benzene rings is 2. The Balaban J connectivity index is 1.85.